The van der Waals surface area contributed by atoms with Gasteiger partial charge in [0.15, 0.2) is 0 Å². The number of hydrogen-bond donors (Lipinski definition) is 1. The Morgan fingerprint density at radius 2 is 2.39 bits per heavy atom. The molecule has 0 radical (unpaired) electrons. The van der Waals surface area contributed by atoms with Gasteiger partial charge in [0.2, 0.25) is 0 Å². The summed E-state index contributed by atoms with van der Waals surface area (Å²) in [5, 5.41) is 3.41. The molecule has 2 unspecified atom stereocenters. The van der Waals surface area contributed by atoms with E-state index < -0.39 is 0 Å². The van der Waals surface area contributed by atoms with E-state index in [1.165, 1.54) is 12.8 Å². The minimum Gasteiger partial charge on any atom is -0.373 e. The van der Waals surface area contributed by atoms with E-state index in [0.717, 1.165) is 31.8 Å². The molecular formula is C14H25N3O. The zero-order valence-electron chi connectivity index (χ0n) is 11.8. The molecule has 102 valence electrons. The first-order chi connectivity index (χ1) is 8.71. The minimum atomic E-state index is -0.135. The zero-order chi connectivity index (χ0) is 13.0. The van der Waals surface area contributed by atoms with E-state index in [0.29, 0.717) is 0 Å². The third-order valence-electron chi connectivity index (χ3n) is 3.87. The Kier molecular flexibility index (Phi) is 4.40. The Morgan fingerprint density at radius 1 is 1.56 bits per heavy atom. The summed E-state index contributed by atoms with van der Waals surface area (Å²) in [5.41, 5.74) is -0.135. The second-order valence-corrected chi connectivity index (χ2v) is 5.32. The lowest BCUT2D eigenvalue weighted by atomic mass is 9.87. The molecule has 0 spiro atoms. The van der Waals surface area contributed by atoms with E-state index in [1.54, 1.807) is 0 Å². The summed E-state index contributed by atoms with van der Waals surface area (Å²) in [6, 6.07) is 0.166. The number of aryl methyl sites for hydroxylation is 1. The van der Waals surface area contributed by atoms with Gasteiger partial charge in [-0.1, -0.05) is 6.92 Å². The molecule has 1 aromatic heterocycles. The Hall–Kier alpha value is -0.870. The van der Waals surface area contributed by atoms with Gasteiger partial charge >= 0.3 is 0 Å². The molecule has 2 atom stereocenters. The van der Waals surface area contributed by atoms with Crippen molar-refractivity contribution in [1.82, 2.24) is 14.9 Å². The molecule has 1 saturated heterocycles. The zero-order valence-corrected chi connectivity index (χ0v) is 11.8. The highest BCUT2D eigenvalue weighted by Gasteiger charge is 2.39. The Labute approximate surface area is 110 Å². The molecule has 1 aliphatic heterocycles. The average molecular weight is 251 g/mol. The maximum Gasteiger partial charge on any atom is 0.128 e. The van der Waals surface area contributed by atoms with Crippen molar-refractivity contribution in [3.05, 3.63) is 18.2 Å². The first kappa shape index (κ1) is 13.6. The molecule has 0 bridgehead atoms. The maximum atomic E-state index is 6.06. The van der Waals surface area contributed by atoms with Crippen LogP contribution in [0.1, 0.15) is 51.4 Å². The van der Waals surface area contributed by atoms with Crippen LogP contribution in [0.4, 0.5) is 0 Å². The van der Waals surface area contributed by atoms with E-state index in [2.05, 4.69) is 34.9 Å². The van der Waals surface area contributed by atoms with Gasteiger partial charge in [-0.25, -0.2) is 4.98 Å². The number of aromatic nitrogens is 2. The molecule has 0 amide bonds. The summed E-state index contributed by atoms with van der Waals surface area (Å²) in [5.74, 6) is 1.10. The summed E-state index contributed by atoms with van der Waals surface area (Å²) in [6.45, 7) is 6.28. The standard InChI is InChI=1S/C14H25N3O/c1-4-9-17-10-8-16-13(17)12(15-3)14(2)7-5-6-11-18-14/h8,10,12,15H,4-7,9,11H2,1-3H3. The van der Waals surface area contributed by atoms with Gasteiger partial charge in [-0.15, -0.1) is 0 Å². The summed E-state index contributed by atoms with van der Waals surface area (Å²) in [4.78, 5) is 4.55. The molecule has 1 fully saturated rings. The van der Waals surface area contributed by atoms with Crippen LogP contribution in [0.2, 0.25) is 0 Å². The predicted molar refractivity (Wildman–Crippen MR) is 72.5 cm³/mol. The minimum absolute atomic E-state index is 0.135. The van der Waals surface area contributed by atoms with Crippen LogP contribution in [0, 0.1) is 0 Å². The summed E-state index contributed by atoms with van der Waals surface area (Å²) >= 11 is 0. The van der Waals surface area contributed by atoms with E-state index in [9.17, 15) is 0 Å². The van der Waals surface area contributed by atoms with E-state index in [1.807, 2.05) is 13.2 Å². The van der Waals surface area contributed by atoms with Gasteiger partial charge in [-0.05, 0) is 39.7 Å². The molecule has 4 nitrogen and oxygen atoms in total. The van der Waals surface area contributed by atoms with Crippen molar-refractivity contribution >= 4 is 0 Å². The van der Waals surface area contributed by atoms with Crippen molar-refractivity contribution in [3.63, 3.8) is 0 Å². The fourth-order valence-electron chi connectivity index (χ4n) is 2.90. The fraction of sp³-hybridized carbons (Fsp3) is 0.786. The first-order valence-electron chi connectivity index (χ1n) is 7.03. The van der Waals surface area contributed by atoms with Crippen LogP contribution in [-0.4, -0.2) is 28.8 Å². The van der Waals surface area contributed by atoms with Gasteiger partial charge < -0.3 is 14.6 Å². The van der Waals surface area contributed by atoms with E-state index in [-0.39, 0.29) is 11.6 Å². The van der Waals surface area contributed by atoms with Crippen LogP contribution in [0.25, 0.3) is 0 Å². The molecule has 4 heteroatoms. The number of ether oxygens (including phenoxy) is 1. The van der Waals surface area contributed by atoms with Crippen molar-refractivity contribution in [1.29, 1.82) is 0 Å². The molecule has 2 heterocycles. The Morgan fingerprint density at radius 3 is 3.00 bits per heavy atom. The van der Waals surface area contributed by atoms with Gasteiger partial charge in [-0.2, -0.15) is 0 Å². The molecule has 0 saturated carbocycles. The maximum absolute atomic E-state index is 6.06. The molecule has 1 aromatic rings. The first-order valence-corrected chi connectivity index (χ1v) is 7.03. The SMILES string of the molecule is CCCn1ccnc1C(NC)C1(C)CCCCO1. The topological polar surface area (TPSA) is 39.1 Å². The summed E-state index contributed by atoms with van der Waals surface area (Å²) in [6.07, 6.45) is 8.59. The van der Waals surface area contributed by atoms with Gasteiger partial charge in [0.25, 0.3) is 0 Å². The van der Waals surface area contributed by atoms with Crippen LogP contribution >= 0.6 is 0 Å². The quantitative estimate of drug-likeness (QED) is 0.874. The van der Waals surface area contributed by atoms with E-state index >= 15 is 0 Å². The monoisotopic (exact) mass is 251 g/mol. The van der Waals surface area contributed by atoms with Crippen LogP contribution < -0.4 is 5.32 Å². The normalized spacial score (nSPS) is 26.2. The molecule has 2 rings (SSSR count). The highest BCUT2D eigenvalue weighted by molar-refractivity contribution is 5.07. The number of nitrogens with zero attached hydrogens (tertiary/aromatic N) is 2. The van der Waals surface area contributed by atoms with Crippen molar-refractivity contribution in [2.45, 2.75) is 57.7 Å². The average Bonchev–Trinajstić information content (AvgIpc) is 2.79. The molecular weight excluding hydrogens is 226 g/mol. The molecule has 0 aliphatic carbocycles. The smallest absolute Gasteiger partial charge is 0.128 e. The number of imidazole rings is 1. The second-order valence-electron chi connectivity index (χ2n) is 5.32. The van der Waals surface area contributed by atoms with Gasteiger partial charge in [-0.3, -0.25) is 0 Å². The lowest BCUT2D eigenvalue weighted by Crippen LogP contribution is -2.46. The Balaban J connectivity index is 2.23. The predicted octanol–water partition coefficient (Wildman–Crippen LogP) is 2.51. The van der Waals surface area contributed by atoms with Crippen molar-refractivity contribution in [3.8, 4) is 0 Å². The van der Waals surface area contributed by atoms with Crippen LogP contribution in [0.5, 0.6) is 0 Å². The lowest BCUT2D eigenvalue weighted by molar-refractivity contribution is -0.0907. The second kappa shape index (κ2) is 5.85. The molecule has 0 aromatic carbocycles. The highest BCUT2D eigenvalue weighted by atomic mass is 16.5. The van der Waals surface area contributed by atoms with Crippen molar-refractivity contribution in [2.75, 3.05) is 13.7 Å². The van der Waals surface area contributed by atoms with Crippen LogP contribution in [-0.2, 0) is 11.3 Å². The molecule has 1 N–H and O–H groups in total. The third kappa shape index (κ3) is 2.59. The molecule has 1 aliphatic rings. The largest absolute Gasteiger partial charge is 0.373 e. The van der Waals surface area contributed by atoms with Gasteiger partial charge in [0.05, 0.1) is 11.6 Å². The van der Waals surface area contributed by atoms with Crippen LogP contribution in [0.3, 0.4) is 0 Å². The van der Waals surface area contributed by atoms with Gasteiger partial charge in [0.1, 0.15) is 5.82 Å². The number of likely N-dealkylation sites (N-methyl/N-ethyl adjacent to an activating group) is 1. The molecule has 18 heavy (non-hydrogen) atoms. The van der Waals surface area contributed by atoms with Crippen LogP contribution in [0.15, 0.2) is 12.4 Å². The van der Waals surface area contributed by atoms with Gasteiger partial charge in [0, 0.05) is 25.5 Å². The van der Waals surface area contributed by atoms with Crippen molar-refractivity contribution < 1.29 is 4.74 Å². The summed E-state index contributed by atoms with van der Waals surface area (Å²) < 4.78 is 8.30. The lowest BCUT2D eigenvalue weighted by Gasteiger charge is -2.40. The number of rotatable bonds is 5. The van der Waals surface area contributed by atoms with Crippen molar-refractivity contribution in [2.24, 2.45) is 0 Å². The van der Waals surface area contributed by atoms with E-state index in [4.69, 9.17) is 4.74 Å². The third-order valence-corrected chi connectivity index (χ3v) is 3.87. The number of nitrogens with one attached hydrogen (secondary N) is 1. The summed E-state index contributed by atoms with van der Waals surface area (Å²) in [7, 11) is 2.00. The highest BCUT2D eigenvalue weighted by Crippen LogP contribution is 2.35. The fourth-order valence-corrected chi connectivity index (χ4v) is 2.90. The Bertz CT molecular complexity index is 369. The number of hydrogen-bond acceptors (Lipinski definition) is 3.